The molecule has 2 aliphatic heterocycles. The van der Waals surface area contributed by atoms with E-state index in [1.165, 1.54) is 38.6 Å². The third-order valence-corrected chi connectivity index (χ3v) is 8.38. The lowest BCUT2D eigenvalue weighted by Gasteiger charge is -2.41. The Balaban J connectivity index is 0.00000341. The van der Waals surface area contributed by atoms with Gasteiger partial charge in [0, 0.05) is 62.6 Å². The van der Waals surface area contributed by atoms with Crippen LogP contribution in [-0.2, 0) is 9.47 Å². The van der Waals surface area contributed by atoms with E-state index in [9.17, 15) is 0 Å². The van der Waals surface area contributed by atoms with E-state index in [1.807, 2.05) is 0 Å². The van der Waals surface area contributed by atoms with Crippen LogP contribution in [0, 0.1) is 5.41 Å². The lowest BCUT2D eigenvalue weighted by Crippen LogP contribution is -2.49. The molecule has 31 heavy (non-hydrogen) atoms. The highest BCUT2D eigenvalue weighted by Crippen LogP contribution is 2.38. The number of rotatable bonds is 9. The van der Waals surface area contributed by atoms with Gasteiger partial charge in [-0.1, -0.05) is 26.2 Å². The van der Waals surface area contributed by atoms with E-state index >= 15 is 0 Å². The third kappa shape index (κ3) is 8.83. The predicted molar refractivity (Wildman–Crippen MR) is 143 cm³/mol. The molecule has 0 aromatic carbocycles. The molecule has 182 valence electrons. The number of hydrogen-bond acceptors (Lipinski definition) is 5. The highest BCUT2D eigenvalue weighted by molar-refractivity contribution is 14.0. The van der Waals surface area contributed by atoms with Crippen molar-refractivity contribution in [3.05, 3.63) is 0 Å². The average molecular weight is 569 g/mol. The number of ether oxygens (including phenoxy) is 2. The van der Waals surface area contributed by atoms with Crippen molar-refractivity contribution in [1.29, 1.82) is 0 Å². The molecule has 0 aromatic rings. The molecule has 3 fully saturated rings. The second kappa shape index (κ2) is 14.5. The molecule has 2 saturated heterocycles. The number of nitrogens with one attached hydrogen (secondary N) is 2. The minimum atomic E-state index is 0. The molecule has 0 unspecified atom stereocenters. The molecule has 3 rings (SSSR count). The fourth-order valence-electron chi connectivity index (χ4n) is 5.16. The van der Waals surface area contributed by atoms with Crippen molar-refractivity contribution in [2.24, 2.45) is 10.4 Å². The summed E-state index contributed by atoms with van der Waals surface area (Å²) >= 11 is 2.08. The van der Waals surface area contributed by atoms with Crippen molar-refractivity contribution < 1.29 is 9.47 Å². The zero-order valence-corrected chi connectivity index (χ0v) is 22.9. The third-order valence-electron chi connectivity index (χ3n) is 6.93. The zero-order valence-electron chi connectivity index (χ0n) is 19.8. The average Bonchev–Trinajstić information content (AvgIpc) is 2.78. The largest absolute Gasteiger partial charge is 0.381 e. The molecule has 2 N–H and O–H groups in total. The first-order valence-corrected chi connectivity index (χ1v) is 13.2. The van der Waals surface area contributed by atoms with Gasteiger partial charge >= 0.3 is 0 Å². The Morgan fingerprint density at radius 1 is 0.935 bits per heavy atom. The number of aliphatic imine (C=N–C) groups is 1. The van der Waals surface area contributed by atoms with Crippen molar-refractivity contribution in [1.82, 2.24) is 15.5 Å². The summed E-state index contributed by atoms with van der Waals surface area (Å²) in [5, 5.41) is 7.21. The molecule has 1 aliphatic carbocycles. The number of nitrogens with zero attached hydrogens (tertiary/aromatic N) is 2. The van der Waals surface area contributed by atoms with Gasteiger partial charge in [-0.15, -0.1) is 24.0 Å². The van der Waals surface area contributed by atoms with Crippen LogP contribution in [0.15, 0.2) is 4.99 Å². The van der Waals surface area contributed by atoms with Crippen LogP contribution in [0.3, 0.4) is 0 Å². The Morgan fingerprint density at radius 3 is 2.26 bits per heavy atom. The van der Waals surface area contributed by atoms with Gasteiger partial charge in [0.1, 0.15) is 0 Å². The van der Waals surface area contributed by atoms with Gasteiger partial charge in [0.25, 0.3) is 0 Å². The molecular formula is C23H45IN4O2S. The first-order chi connectivity index (χ1) is 14.7. The molecule has 0 aromatic heterocycles. The van der Waals surface area contributed by atoms with Gasteiger partial charge in [-0.25, -0.2) is 0 Å². The molecule has 2 heterocycles. The van der Waals surface area contributed by atoms with E-state index in [0.29, 0.717) is 5.41 Å². The van der Waals surface area contributed by atoms with Crippen molar-refractivity contribution in [2.45, 2.75) is 63.5 Å². The smallest absolute Gasteiger partial charge is 0.191 e. The molecule has 0 spiro atoms. The van der Waals surface area contributed by atoms with Gasteiger partial charge in [0.05, 0.1) is 13.2 Å². The number of guanidine groups is 1. The van der Waals surface area contributed by atoms with Crippen LogP contribution in [0.1, 0.15) is 58.8 Å². The van der Waals surface area contributed by atoms with Gasteiger partial charge in [0.2, 0.25) is 0 Å². The summed E-state index contributed by atoms with van der Waals surface area (Å²) in [7, 11) is 0. The first kappa shape index (κ1) is 27.5. The standard InChI is InChI=1S/C23H44N4O2S.HI/c1-3-24-21(26-19-23(30-4-2)10-14-28-15-11-23)25-18-22(8-6-5-7-9-22)20-27-12-16-29-17-13-27;/h3-20H2,1-2H3,(H2,24,25,26);1H. The van der Waals surface area contributed by atoms with Crippen molar-refractivity contribution in [3.63, 3.8) is 0 Å². The van der Waals surface area contributed by atoms with Gasteiger partial charge in [0.15, 0.2) is 5.96 Å². The van der Waals surface area contributed by atoms with Crippen LogP contribution in [0.5, 0.6) is 0 Å². The normalized spacial score (nSPS) is 24.3. The number of hydrogen-bond donors (Lipinski definition) is 2. The molecule has 3 aliphatic rings. The molecule has 0 bridgehead atoms. The van der Waals surface area contributed by atoms with Gasteiger partial charge < -0.3 is 20.1 Å². The second-order valence-electron chi connectivity index (χ2n) is 9.23. The summed E-state index contributed by atoms with van der Waals surface area (Å²) in [6.45, 7) is 14.1. The van der Waals surface area contributed by atoms with Gasteiger partial charge in [-0.2, -0.15) is 11.8 Å². The highest BCUT2D eigenvalue weighted by Gasteiger charge is 2.35. The quantitative estimate of drug-likeness (QED) is 0.251. The fraction of sp³-hybridized carbons (Fsp3) is 0.957. The lowest BCUT2D eigenvalue weighted by molar-refractivity contribution is 0.00937. The Morgan fingerprint density at radius 2 is 1.61 bits per heavy atom. The van der Waals surface area contributed by atoms with Gasteiger partial charge in [-0.3, -0.25) is 9.89 Å². The molecular weight excluding hydrogens is 523 g/mol. The number of thioether (sulfide) groups is 1. The summed E-state index contributed by atoms with van der Waals surface area (Å²) in [6, 6.07) is 0. The Labute approximate surface area is 211 Å². The topological polar surface area (TPSA) is 58.1 Å². The van der Waals surface area contributed by atoms with Crippen LogP contribution in [-0.4, -0.2) is 87.1 Å². The van der Waals surface area contributed by atoms with E-state index in [-0.39, 0.29) is 28.7 Å². The minimum absolute atomic E-state index is 0. The van der Waals surface area contributed by atoms with Crippen LogP contribution < -0.4 is 10.6 Å². The maximum atomic E-state index is 5.64. The van der Waals surface area contributed by atoms with E-state index in [4.69, 9.17) is 14.5 Å². The minimum Gasteiger partial charge on any atom is -0.381 e. The SMILES string of the molecule is CCNC(=NCC1(CN2CCOCC2)CCCCC1)NCC1(SCC)CCOCC1.I. The second-order valence-corrected chi connectivity index (χ2v) is 11.0. The van der Waals surface area contributed by atoms with E-state index < -0.39 is 0 Å². The summed E-state index contributed by atoms with van der Waals surface area (Å²) in [6.07, 6.45) is 8.93. The highest BCUT2D eigenvalue weighted by atomic mass is 127. The molecule has 8 heteroatoms. The first-order valence-electron chi connectivity index (χ1n) is 12.2. The van der Waals surface area contributed by atoms with Crippen LogP contribution in [0.2, 0.25) is 0 Å². The monoisotopic (exact) mass is 568 g/mol. The lowest BCUT2D eigenvalue weighted by atomic mass is 9.73. The summed E-state index contributed by atoms with van der Waals surface area (Å²) in [5.41, 5.74) is 0.326. The molecule has 0 amide bonds. The molecule has 6 nitrogen and oxygen atoms in total. The number of morpholine rings is 1. The molecule has 0 atom stereocenters. The van der Waals surface area contributed by atoms with Crippen LogP contribution in [0.25, 0.3) is 0 Å². The summed E-state index contributed by atoms with van der Waals surface area (Å²) in [5.74, 6) is 2.14. The Kier molecular flexibility index (Phi) is 12.8. The maximum Gasteiger partial charge on any atom is 0.191 e. The zero-order chi connectivity index (χ0) is 21.1. The van der Waals surface area contributed by atoms with Crippen molar-refractivity contribution in [3.8, 4) is 0 Å². The summed E-state index contributed by atoms with van der Waals surface area (Å²) in [4.78, 5) is 7.76. The predicted octanol–water partition coefficient (Wildman–Crippen LogP) is 3.74. The van der Waals surface area contributed by atoms with E-state index in [1.54, 1.807) is 0 Å². The van der Waals surface area contributed by atoms with Crippen molar-refractivity contribution >= 4 is 41.7 Å². The summed E-state index contributed by atoms with van der Waals surface area (Å²) < 4.78 is 11.5. The Bertz CT molecular complexity index is 514. The molecule has 0 radical (unpaired) electrons. The van der Waals surface area contributed by atoms with Crippen molar-refractivity contribution in [2.75, 3.05) is 71.4 Å². The molecule has 1 saturated carbocycles. The maximum absolute atomic E-state index is 5.64. The fourth-order valence-corrected chi connectivity index (χ4v) is 6.40. The van der Waals surface area contributed by atoms with Crippen LogP contribution in [0.4, 0.5) is 0 Å². The van der Waals surface area contributed by atoms with E-state index in [0.717, 1.165) is 83.7 Å². The van der Waals surface area contributed by atoms with Gasteiger partial charge in [-0.05, 0) is 38.4 Å². The Hall–Kier alpha value is 0.230. The van der Waals surface area contributed by atoms with Crippen LogP contribution >= 0.6 is 35.7 Å². The number of halogens is 1. The van der Waals surface area contributed by atoms with E-state index in [2.05, 4.69) is 41.1 Å².